The van der Waals surface area contributed by atoms with Gasteiger partial charge in [0.25, 0.3) is 0 Å². The zero-order valence-electron chi connectivity index (χ0n) is 44.8. The van der Waals surface area contributed by atoms with Gasteiger partial charge in [-0.15, -0.1) is 0 Å². The summed E-state index contributed by atoms with van der Waals surface area (Å²) in [4.78, 5) is 25.5. The second-order valence-electron chi connectivity index (χ2n) is 18.8. The van der Waals surface area contributed by atoms with Gasteiger partial charge in [-0.1, -0.05) is 227 Å². The molecule has 0 fully saturated rings. The van der Waals surface area contributed by atoms with Crippen LogP contribution in [0, 0.1) is 0 Å². The highest BCUT2D eigenvalue weighted by molar-refractivity contribution is 5.70. The zero-order valence-corrected chi connectivity index (χ0v) is 44.8. The fourth-order valence-electron chi connectivity index (χ4n) is 7.80. The Bertz CT molecular complexity index is 1300. The van der Waals surface area contributed by atoms with Crippen LogP contribution in [0.4, 0.5) is 0 Å². The molecule has 0 aromatic rings. The Morgan fingerprint density at radius 3 is 1.06 bits per heavy atom. The molecule has 0 aromatic heterocycles. The Kier molecular flexibility index (Phi) is 55.4. The van der Waals surface area contributed by atoms with Gasteiger partial charge in [-0.25, -0.2) is 0 Å². The molecule has 1 unspecified atom stereocenters. The van der Waals surface area contributed by atoms with Crippen LogP contribution in [-0.2, 0) is 23.8 Å². The molecular weight excluding hydrogens is 837 g/mol. The predicted octanol–water partition coefficient (Wildman–Crippen LogP) is 19.8. The third kappa shape index (κ3) is 55.4. The summed E-state index contributed by atoms with van der Waals surface area (Å²) in [5.41, 5.74) is 0. The minimum atomic E-state index is -0.561. The molecule has 5 nitrogen and oxygen atoms in total. The van der Waals surface area contributed by atoms with E-state index < -0.39 is 6.10 Å². The first-order valence-corrected chi connectivity index (χ1v) is 28.8. The van der Waals surface area contributed by atoms with Crippen molar-refractivity contribution in [1.29, 1.82) is 0 Å². The van der Waals surface area contributed by atoms with E-state index in [2.05, 4.69) is 118 Å². The number of ether oxygens (including phenoxy) is 3. The van der Waals surface area contributed by atoms with Gasteiger partial charge in [-0.3, -0.25) is 9.59 Å². The van der Waals surface area contributed by atoms with E-state index >= 15 is 0 Å². The van der Waals surface area contributed by atoms with Crippen LogP contribution in [0.1, 0.15) is 265 Å². The van der Waals surface area contributed by atoms with Crippen molar-refractivity contribution in [2.45, 2.75) is 271 Å². The van der Waals surface area contributed by atoms with Crippen molar-refractivity contribution in [3.05, 3.63) is 97.2 Å². The number of esters is 2. The summed E-state index contributed by atoms with van der Waals surface area (Å²) >= 11 is 0. The monoisotopic (exact) mass is 945 g/mol. The number of carbonyl (C=O) groups excluding carboxylic acids is 2. The molecule has 0 radical (unpaired) electrons. The van der Waals surface area contributed by atoms with Crippen molar-refractivity contribution in [1.82, 2.24) is 0 Å². The summed E-state index contributed by atoms with van der Waals surface area (Å²) in [6.45, 7) is 7.62. The summed E-state index contributed by atoms with van der Waals surface area (Å²) < 4.78 is 17.5. The van der Waals surface area contributed by atoms with E-state index in [0.717, 1.165) is 103 Å². The summed E-state index contributed by atoms with van der Waals surface area (Å²) in [7, 11) is 0. The summed E-state index contributed by atoms with van der Waals surface area (Å²) in [5.74, 6) is -0.427. The van der Waals surface area contributed by atoms with Crippen molar-refractivity contribution in [2.75, 3.05) is 19.8 Å². The molecule has 0 spiro atoms. The van der Waals surface area contributed by atoms with Gasteiger partial charge in [0.2, 0.25) is 0 Å². The van der Waals surface area contributed by atoms with Crippen molar-refractivity contribution >= 4 is 11.9 Å². The molecule has 68 heavy (non-hydrogen) atoms. The van der Waals surface area contributed by atoms with Gasteiger partial charge in [0, 0.05) is 19.4 Å². The Hall–Kier alpha value is -3.18. The SMILES string of the molecule is CC/C=C\C/C=C\C/C=C\C/C=C\CCCCCCCOCC(COC(=O)CCCCCCCCCCC/C=C\C/C=C\CCCCC)OC(=O)CCCCCCC/C=C\C/C=C\CCCCC. The highest BCUT2D eigenvalue weighted by Crippen LogP contribution is 2.14. The molecular formula is C63H108O5. The first-order chi connectivity index (χ1) is 33.6. The van der Waals surface area contributed by atoms with Crippen LogP contribution in [0.25, 0.3) is 0 Å². The van der Waals surface area contributed by atoms with Crippen LogP contribution >= 0.6 is 0 Å². The lowest BCUT2D eigenvalue weighted by molar-refractivity contribution is -0.163. The number of allylic oxidation sites excluding steroid dienone is 16. The first-order valence-electron chi connectivity index (χ1n) is 28.8. The van der Waals surface area contributed by atoms with E-state index in [1.54, 1.807) is 0 Å². The van der Waals surface area contributed by atoms with Gasteiger partial charge < -0.3 is 14.2 Å². The van der Waals surface area contributed by atoms with Gasteiger partial charge in [0.15, 0.2) is 6.10 Å². The Morgan fingerprint density at radius 1 is 0.338 bits per heavy atom. The van der Waals surface area contributed by atoms with Crippen molar-refractivity contribution < 1.29 is 23.8 Å². The average Bonchev–Trinajstić information content (AvgIpc) is 3.34. The summed E-state index contributed by atoms with van der Waals surface area (Å²) in [5, 5.41) is 0. The van der Waals surface area contributed by atoms with Crippen LogP contribution in [0.3, 0.4) is 0 Å². The standard InChI is InChI=1S/C63H108O5/c1-4-7-10-13-16-19-22-25-28-30-32-33-36-38-41-44-47-50-53-56-62(64)67-60-61(68-63(65)57-54-51-48-45-42-39-35-27-24-21-18-15-12-9-6-3)59-66-58-55-52-49-46-43-40-37-34-31-29-26-23-20-17-14-11-8-5-2/h8,11,16-21,25-29,34-35,37,61H,4-7,9-10,12-15,22-24,30-33,36,38-60H2,1-3H3/b11-8-,19-16-,20-17-,21-18-,28-25-,29-26-,35-27-,37-34-. The van der Waals surface area contributed by atoms with E-state index in [-0.39, 0.29) is 25.2 Å². The molecule has 0 aromatic carbocycles. The number of rotatable bonds is 52. The number of hydrogen-bond donors (Lipinski definition) is 0. The maximum absolute atomic E-state index is 12.9. The van der Waals surface area contributed by atoms with Crippen LogP contribution < -0.4 is 0 Å². The van der Waals surface area contributed by atoms with E-state index in [9.17, 15) is 9.59 Å². The molecule has 1 atom stereocenters. The summed E-state index contributed by atoms with van der Waals surface area (Å²) in [6, 6.07) is 0. The largest absolute Gasteiger partial charge is 0.462 e. The van der Waals surface area contributed by atoms with Gasteiger partial charge in [0.1, 0.15) is 6.61 Å². The molecule has 0 aliphatic heterocycles. The first kappa shape index (κ1) is 64.8. The molecule has 0 rings (SSSR count). The predicted molar refractivity (Wildman–Crippen MR) is 297 cm³/mol. The second kappa shape index (κ2) is 58.1. The smallest absolute Gasteiger partial charge is 0.306 e. The van der Waals surface area contributed by atoms with Crippen molar-refractivity contribution in [3.63, 3.8) is 0 Å². The second-order valence-corrected chi connectivity index (χ2v) is 18.8. The van der Waals surface area contributed by atoms with E-state index in [4.69, 9.17) is 14.2 Å². The number of carbonyl (C=O) groups is 2. The van der Waals surface area contributed by atoms with Crippen LogP contribution in [0.15, 0.2) is 97.2 Å². The Labute approximate surface area is 422 Å². The molecule has 0 saturated heterocycles. The van der Waals surface area contributed by atoms with Crippen molar-refractivity contribution in [3.8, 4) is 0 Å². The van der Waals surface area contributed by atoms with E-state index in [0.29, 0.717) is 19.4 Å². The molecule has 0 amide bonds. The normalized spacial score (nSPS) is 12.9. The fraction of sp³-hybridized carbons (Fsp3) is 0.714. The van der Waals surface area contributed by atoms with Crippen LogP contribution in [-0.4, -0.2) is 37.9 Å². The lowest BCUT2D eigenvalue weighted by Gasteiger charge is -2.18. The molecule has 5 heteroatoms. The minimum Gasteiger partial charge on any atom is -0.462 e. The molecule has 0 bridgehead atoms. The van der Waals surface area contributed by atoms with Crippen LogP contribution in [0.5, 0.6) is 0 Å². The van der Waals surface area contributed by atoms with E-state index in [1.807, 2.05) is 0 Å². The quantitative estimate of drug-likeness (QED) is 0.0345. The molecule has 0 N–H and O–H groups in total. The lowest BCUT2D eigenvalue weighted by Crippen LogP contribution is -2.30. The third-order valence-corrected chi connectivity index (χ3v) is 12.1. The number of unbranched alkanes of at least 4 members (excludes halogenated alkanes) is 25. The van der Waals surface area contributed by atoms with Gasteiger partial charge in [0.05, 0.1) is 6.61 Å². The maximum atomic E-state index is 12.9. The molecule has 0 aliphatic carbocycles. The highest BCUT2D eigenvalue weighted by Gasteiger charge is 2.17. The van der Waals surface area contributed by atoms with Gasteiger partial charge in [-0.2, -0.15) is 0 Å². The zero-order chi connectivity index (χ0) is 49.2. The third-order valence-electron chi connectivity index (χ3n) is 12.1. The fourth-order valence-corrected chi connectivity index (χ4v) is 7.80. The highest BCUT2D eigenvalue weighted by atomic mass is 16.6. The Balaban J connectivity index is 4.34. The topological polar surface area (TPSA) is 61.8 Å². The van der Waals surface area contributed by atoms with Gasteiger partial charge >= 0.3 is 11.9 Å². The maximum Gasteiger partial charge on any atom is 0.306 e. The number of hydrogen-bond acceptors (Lipinski definition) is 5. The van der Waals surface area contributed by atoms with Gasteiger partial charge in [-0.05, 0) is 122 Å². The minimum absolute atomic E-state index is 0.0655. The van der Waals surface area contributed by atoms with Crippen molar-refractivity contribution in [2.24, 2.45) is 0 Å². The molecule has 0 heterocycles. The molecule has 0 saturated carbocycles. The average molecular weight is 946 g/mol. The van der Waals surface area contributed by atoms with Crippen LogP contribution in [0.2, 0.25) is 0 Å². The molecule has 390 valence electrons. The lowest BCUT2D eigenvalue weighted by atomic mass is 10.1. The van der Waals surface area contributed by atoms with E-state index in [1.165, 1.54) is 128 Å². The summed E-state index contributed by atoms with van der Waals surface area (Å²) in [6.07, 6.45) is 78.5. The Morgan fingerprint density at radius 2 is 0.662 bits per heavy atom. The molecule has 0 aliphatic rings.